The van der Waals surface area contributed by atoms with Crippen molar-refractivity contribution in [3.05, 3.63) is 59.7 Å². The molecule has 2 amide bonds. The molecule has 0 radical (unpaired) electrons. The zero-order chi connectivity index (χ0) is 20.4. The quantitative estimate of drug-likeness (QED) is 0.431. The Morgan fingerprint density at radius 3 is 2.11 bits per heavy atom. The normalized spacial score (nSPS) is 10.2. The molecule has 0 saturated carbocycles. The molecule has 0 bridgehead atoms. The number of nitrogens with one attached hydrogen (secondary N) is 2. The van der Waals surface area contributed by atoms with Crippen LogP contribution in [0.5, 0.6) is 11.5 Å². The first-order valence-corrected chi connectivity index (χ1v) is 9.09. The molecule has 0 aliphatic heterocycles. The maximum Gasteiger partial charge on any atom is 0.251 e. The zero-order valence-electron chi connectivity index (χ0n) is 15.7. The molecule has 7 heteroatoms. The fourth-order valence-electron chi connectivity index (χ4n) is 2.46. The van der Waals surface area contributed by atoms with E-state index in [4.69, 9.17) is 4.74 Å². The van der Waals surface area contributed by atoms with Crippen LogP contribution in [-0.2, 0) is 4.79 Å². The van der Waals surface area contributed by atoms with Crippen LogP contribution in [0.1, 0.15) is 40.5 Å². The maximum atomic E-state index is 12.1. The number of phenols is 1. The molecule has 0 saturated heterocycles. The van der Waals surface area contributed by atoms with Gasteiger partial charge in [-0.3, -0.25) is 14.4 Å². The van der Waals surface area contributed by atoms with Crippen LogP contribution in [0.15, 0.2) is 48.5 Å². The van der Waals surface area contributed by atoms with E-state index in [2.05, 4.69) is 10.6 Å². The van der Waals surface area contributed by atoms with E-state index in [1.54, 1.807) is 24.3 Å². The van der Waals surface area contributed by atoms with Crippen LogP contribution in [0.25, 0.3) is 0 Å². The van der Waals surface area contributed by atoms with E-state index < -0.39 is 0 Å². The highest BCUT2D eigenvalue weighted by atomic mass is 16.5. The highest BCUT2D eigenvalue weighted by Crippen LogP contribution is 2.14. The molecule has 0 atom stereocenters. The minimum Gasteiger partial charge on any atom is -0.508 e. The Balaban J connectivity index is 1.64. The minimum atomic E-state index is -0.292. The summed E-state index contributed by atoms with van der Waals surface area (Å²) in [6.07, 6.45) is 0.192. The lowest BCUT2D eigenvalue weighted by Crippen LogP contribution is -2.34. The first-order chi connectivity index (χ1) is 13.5. The minimum absolute atomic E-state index is 0.0813. The van der Waals surface area contributed by atoms with Gasteiger partial charge < -0.3 is 20.5 Å². The van der Waals surface area contributed by atoms with Gasteiger partial charge in [0.1, 0.15) is 11.5 Å². The second-order valence-electron chi connectivity index (χ2n) is 6.03. The van der Waals surface area contributed by atoms with Crippen LogP contribution in [0.3, 0.4) is 0 Å². The third-order valence-electron chi connectivity index (χ3n) is 3.93. The largest absolute Gasteiger partial charge is 0.508 e. The van der Waals surface area contributed by atoms with E-state index in [1.165, 1.54) is 24.3 Å². The summed E-state index contributed by atoms with van der Waals surface area (Å²) in [5.74, 6) is 0.131. The first kappa shape index (κ1) is 21.0. The van der Waals surface area contributed by atoms with Crippen molar-refractivity contribution in [3.63, 3.8) is 0 Å². The Morgan fingerprint density at radius 2 is 1.46 bits per heavy atom. The Hall–Kier alpha value is -3.35. The van der Waals surface area contributed by atoms with Gasteiger partial charge in [-0.25, -0.2) is 0 Å². The van der Waals surface area contributed by atoms with Gasteiger partial charge in [-0.15, -0.1) is 0 Å². The summed E-state index contributed by atoms with van der Waals surface area (Å²) in [5.41, 5.74) is 0.961. The van der Waals surface area contributed by atoms with Crippen LogP contribution < -0.4 is 15.4 Å². The van der Waals surface area contributed by atoms with Crippen LogP contribution in [0.2, 0.25) is 0 Å². The predicted molar refractivity (Wildman–Crippen MR) is 105 cm³/mol. The van der Waals surface area contributed by atoms with Gasteiger partial charge >= 0.3 is 0 Å². The Kier molecular flexibility index (Phi) is 8.02. The molecule has 0 aliphatic carbocycles. The number of hydrogen-bond donors (Lipinski definition) is 3. The molecule has 0 aromatic heterocycles. The standard InChI is InChI=1S/C21H24N2O5/c1-2-28-18-9-5-15(6-10-18)19(25)11-12-20(26)22-13-14-23-21(27)16-3-7-17(24)8-4-16/h3-10,24H,2,11-14H2,1H3,(H,22,26)(H,23,27). The van der Waals surface area contributed by atoms with Gasteiger partial charge in [0, 0.05) is 37.1 Å². The number of amides is 2. The summed E-state index contributed by atoms with van der Waals surface area (Å²) in [6, 6.07) is 12.7. The van der Waals surface area contributed by atoms with Gasteiger partial charge in [-0.1, -0.05) is 0 Å². The molecule has 0 heterocycles. The van der Waals surface area contributed by atoms with Crippen molar-refractivity contribution < 1.29 is 24.2 Å². The second kappa shape index (κ2) is 10.7. The summed E-state index contributed by atoms with van der Waals surface area (Å²) in [6.45, 7) is 2.97. The van der Waals surface area contributed by atoms with E-state index in [0.717, 1.165) is 0 Å². The van der Waals surface area contributed by atoms with E-state index in [1.807, 2.05) is 6.92 Å². The molecule has 0 spiro atoms. The van der Waals surface area contributed by atoms with Gasteiger partial charge in [-0.05, 0) is 55.5 Å². The third kappa shape index (κ3) is 6.75. The molecule has 0 fully saturated rings. The monoisotopic (exact) mass is 384 g/mol. The van der Waals surface area contributed by atoms with Crippen molar-refractivity contribution in [2.24, 2.45) is 0 Å². The number of rotatable bonds is 10. The van der Waals surface area contributed by atoms with Gasteiger partial charge in [-0.2, -0.15) is 0 Å². The molecule has 7 nitrogen and oxygen atoms in total. The summed E-state index contributed by atoms with van der Waals surface area (Å²) < 4.78 is 5.33. The number of hydrogen-bond acceptors (Lipinski definition) is 5. The van der Waals surface area contributed by atoms with Crippen molar-refractivity contribution in [1.29, 1.82) is 0 Å². The van der Waals surface area contributed by atoms with Gasteiger partial charge in [0.05, 0.1) is 6.61 Å². The van der Waals surface area contributed by atoms with Crippen molar-refractivity contribution in [3.8, 4) is 11.5 Å². The van der Waals surface area contributed by atoms with Crippen molar-refractivity contribution >= 4 is 17.6 Å². The average Bonchev–Trinajstić information content (AvgIpc) is 2.70. The van der Waals surface area contributed by atoms with Crippen LogP contribution in [0, 0.1) is 0 Å². The first-order valence-electron chi connectivity index (χ1n) is 9.09. The third-order valence-corrected chi connectivity index (χ3v) is 3.93. The Morgan fingerprint density at radius 1 is 0.857 bits per heavy atom. The number of carbonyl (C=O) groups excluding carboxylic acids is 3. The van der Waals surface area contributed by atoms with Crippen molar-refractivity contribution in [2.45, 2.75) is 19.8 Å². The predicted octanol–water partition coefficient (Wildman–Crippen LogP) is 2.30. The fraction of sp³-hybridized carbons (Fsp3) is 0.286. The second-order valence-corrected chi connectivity index (χ2v) is 6.03. The summed E-state index contributed by atoms with van der Waals surface area (Å²) in [4.78, 5) is 35.8. The summed E-state index contributed by atoms with van der Waals surface area (Å²) in [5, 5.41) is 14.5. The zero-order valence-corrected chi connectivity index (χ0v) is 15.7. The summed E-state index contributed by atoms with van der Waals surface area (Å²) >= 11 is 0. The van der Waals surface area contributed by atoms with Gasteiger partial charge in [0.25, 0.3) is 5.91 Å². The SMILES string of the molecule is CCOc1ccc(C(=O)CCC(=O)NCCNC(=O)c2ccc(O)cc2)cc1. The molecular weight excluding hydrogens is 360 g/mol. The highest BCUT2D eigenvalue weighted by Gasteiger charge is 2.10. The topological polar surface area (TPSA) is 105 Å². The van der Waals surface area contributed by atoms with Gasteiger partial charge in [0.15, 0.2) is 5.78 Å². The van der Waals surface area contributed by atoms with E-state index >= 15 is 0 Å². The molecule has 3 N–H and O–H groups in total. The number of aromatic hydroxyl groups is 1. The summed E-state index contributed by atoms with van der Waals surface area (Å²) in [7, 11) is 0. The Bertz CT molecular complexity index is 801. The lowest BCUT2D eigenvalue weighted by molar-refractivity contribution is -0.121. The maximum absolute atomic E-state index is 12.1. The number of carbonyl (C=O) groups is 3. The van der Waals surface area contributed by atoms with Crippen LogP contribution >= 0.6 is 0 Å². The fourth-order valence-corrected chi connectivity index (χ4v) is 2.46. The Labute approximate surface area is 163 Å². The lowest BCUT2D eigenvalue weighted by atomic mass is 10.1. The molecule has 0 aliphatic rings. The highest BCUT2D eigenvalue weighted by molar-refractivity contribution is 5.98. The lowest BCUT2D eigenvalue weighted by Gasteiger charge is -2.08. The average molecular weight is 384 g/mol. The molecule has 28 heavy (non-hydrogen) atoms. The molecule has 2 rings (SSSR count). The van der Waals surface area contributed by atoms with Crippen molar-refractivity contribution in [1.82, 2.24) is 10.6 Å². The van der Waals surface area contributed by atoms with E-state index in [0.29, 0.717) is 23.5 Å². The van der Waals surface area contributed by atoms with E-state index in [9.17, 15) is 19.5 Å². The molecule has 0 unspecified atom stereocenters. The van der Waals surface area contributed by atoms with Crippen LogP contribution in [-0.4, -0.2) is 42.4 Å². The van der Waals surface area contributed by atoms with Crippen molar-refractivity contribution in [2.75, 3.05) is 19.7 Å². The number of Topliss-reactive ketones (excluding diaryl/α,β-unsaturated/α-hetero) is 1. The number of phenolic OH excluding ortho intramolecular Hbond substituents is 1. The molecule has 2 aromatic rings. The van der Waals surface area contributed by atoms with E-state index in [-0.39, 0.29) is 49.3 Å². The molecular formula is C21H24N2O5. The molecule has 148 valence electrons. The number of ether oxygens (including phenoxy) is 1. The molecule has 2 aromatic carbocycles. The van der Waals surface area contributed by atoms with Crippen LogP contribution in [0.4, 0.5) is 0 Å². The van der Waals surface area contributed by atoms with Gasteiger partial charge in [0.2, 0.25) is 5.91 Å². The number of benzene rings is 2. The number of ketones is 1. The smallest absolute Gasteiger partial charge is 0.251 e.